The number of hydrogen-bond donors (Lipinski definition) is 1. The molecule has 58 valence electrons. The van der Waals surface area contributed by atoms with Gasteiger partial charge < -0.3 is 5.32 Å². The van der Waals surface area contributed by atoms with E-state index in [1.54, 1.807) is 0 Å². The third-order valence-corrected chi connectivity index (χ3v) is 1.38. The summed E-state index contributed by atoms with van der Waals surface area (Å²) in [5.74, 6) is -0.160. The van der Waals surface area contributed by atoms with E-state index in [1.807, 2.05) is 20.9 Å². The van der Waals surface area contributed by atoms with Crippen LogP contribution in [0.5, 0.6) is 0 Å². The normalized spacial score (nSPS) is 14.7. The standard InChI is InChI=1S/C8H14FN/c1-6(5-7(2)9)8(3)10-4/h5,10H,1-4H3/b7-5+,8-6+. The monoisotopic (exact) mass is 143 g/mol. The first kappa shape index (κ1) is 9.21. The van der Waals surface area contributed by atoms with Gasteiger partial charge in [-0.1, -0.05) is 0 Å². The van der Waals surface area contributed by atoms with Crippen LogP contribution in [0, 0.1) is 0 Å². The zero-order valence-electron chi connectivity index (χ0n) is 6.96. The number of nitrogens with one attached hydrogen (secondary N) is 1. The fourth-order valence-electron chi connectivity index (χ4n) is 0.604. The second-order valence-electron chi connectivity index (χ2n) is 2.29. The Morgan fingerprint density at radius 3 is 2.10 bits per heavy atom. The van der Waals surface area contributed by atoms with Crippen molar-refractivity contribution in [2.75, 3.05) is 7.05 Å². The summed E-state index contributed by atoms with van der Waals surface area (Å²) in [5, 5.41) is 2.94. The first-order valence-electron chi connectivity index (χ1n) is 3.27. The molecule has 1 N–H and O–H groups in total. The minimum Gasteiger partial charge on any atom is -0.391 e. The van der Waals surface area contributed by atoms with Crippen LogP contribution in [0.1, 0.15) is 20.8 Å². The van der Waals surface area contributed by atoms with Gasteiger partial charge in [-0.2, -0.15) is 0 Å². The van der Waals surface area contributed by atoms with Crippen molar-refractivity contribution >= 4 is 0 Å². The summed E-state index contributed by atoms with van der Waals surface area (Å²) in [6, 6.07) is 0. The molecule has 0 aliphatic heterocycles. The molecule has 0 unspecified atom stereocenters. The van der Waals surface area contributed by atoms with E-state index in [4.69, 9.17) is 0 Å². The van der Waals surface area contributed by atoms with Crippen LogP contribution in [0.2, 0.25) is 0 Å². The van der Waals surface area contributed by atoms with Gasteiger partial charge in [0.05, 0.1) is 5.83 Å². The van der Waals surface area contributed by atoms with E-state index < -0.39 is 0 Å². The summed E-state index contributed by atoms with van der Waals surface area (Å²) < 4.78 is 12.2. The molecule has 10 heavy (non-hydrogen) atoms. The number of rotatable bonds is 2. The molecular weight excluding hydrogens is 129 g/mol. The fraction of sp³-hybridized carbons (Fsp3) is 0.500. The third kappa shape index (κ3) is 3.28. The zero-order valence-corrected chi connectivity index (χ0v) is 6.96. The van der Waals surface area contributed by atoms with Crippen LogP contribution >= 0.6 is 0 Å². The number of hydrogen-bond acceptors (Lipinski definition) is 1. The largest absolute Gasteiger partial charge is 0.391 e. The Hall–Kier alpha value is -0.790. The topological polar surface area (TPSA) is 12.0 Å². The van der Waals surface area contributed by atoms with Crippen LogP contribution in [-0.2, 0) is 0 Å². The smallest absolute Gasteiger partial charge is 0.0971 e. The van der Waals surface area contributed by atoms with Gasteiger partial charge in [-0.05, 0) is 32.4 Å². The molecule has 0 heterocycles. The average molecular weight is 143 g/mol. The minimum absolute atomic E-state index is 0.160. The van der Waals surface area contributed by atoms with Crippen molar-refractivity contribution in [1.29, 1.82) is 0 Å². The van der Waals surface area contributed by atoms with Gasteiger partial charge in [0, 0.05) is 12.7 Å². The Bertz CT molecular complexity index is 164. The highest BCUT2D eigenvalue weighted by Crippen LogP contribution is 2.05. The van der Waals surface area contributed by atoms with Crippen molar-refractivity contribution < 1.29 is 4.39 Å². The molecule has 0 spiro atoms. The molecule has 0 aromatic carbocycles. The quantitative estimate of drug-likeness (QED) is 0.585. The molecule has 0 bridgehead atoms. The van der Waals surface area contributed by atoms with E-state index >= 15 is 0 Å². The van der Waals surface area contributed by atoms with E-state index in [9.17, 15) is 4.39 Å². The van der Waals surface area contributed by atoms with Crippen LogP contribution < -0.4 is 5.32 Å². The fourth-order valence-corrected chi connectivity index (χ4v) is 0.604. The molecule has 0 saturated heterocycles. The second kappa shape index (κ2) is 4.09. The molecule has 0 rings (SSSR count). The van der Waals surface area contributed by atoms with Gasteiger partial charge >= 0.3 is 0 Å². The maximum absolute atomic E-state index is 12.2. The Morgan fingerprint density at radius 2 is 1.80 bits per heavy atom. The van der Waals surface area contributed by atoms with Gasteiger partial charge in [-0.3, -0.25) is 0 Å². The molecule has 0 aromatic rings. The van der Waals surface area contributed by atoms with Gasteiger partial charge in [0.25, 0.3) is 0 Å². The van der Waals surface area contributed by atoms with Crippen LogP contribution in [0.25, 0.3) is 0 Å². The Balaban J connectivity index is 4.33. The molecule has 0 amide bonds. The highest BCUT2D eigenvalue weighted by Gasteiger charge is 1.90. The Morgan fingerprint density at radius 1 is 1.30 bits per heavy atom. The van der Waals surface area contributed by atoms with Crippen molar-refractivity contribution in [3.8, 4) is 0 Å². The lowest BCUT2D eigenvalue weighted by molar-refractivity contribution is 0.639. The minimum atomic E-state index is -0.160. The van der Waals surface area contributed by atoms with E-state index in [0.29, 0.717) is 0 Å². The maximum atomic E-state index is 12.2. The summed E-state index contributed by atoms with van der Waals surface area (Å²) in [4.78, 5) is 0. The molecule has 0 aliphatic rings. The molecule has 0 fully saturated rings. The molecule has 1 nitrogen and oxygen atoms in total. The Labute approximate surface area is 61.6 Å². The molecule has 0 aromatic heterocycles. The molecule has 0 atom stereocenters. The summed E-state index contributed by atoms with van der Waals surface area (Å²) in [6.07, 6.45) is 1.51. The number of halogens is 1. The zero-order chi connectivity index (χ0) is 8.15. The highest BCUT2D eigenvalue weighted by atomic mass is 19.1. The first-order chi connectivity index (χ1) is 4.57. The lowest BCUT2D eigenvalue weighted by Gasteiger charge is -2.01. The van der Waals surface area contributed by atoms with Gasteiger partial charge in [-0.25, -0.2) is 4.39 Å². The SMILES string of the molecule is CN/C(C)=C(C)/C=C(\C)F. The average Bonchev–Trinajstić information content (AvgIpc) is 1.85. The lowest BCUT2D eigenvalue weighted by atomic mass is 10.2. The molecule has 0 radical (unpaired) electrons. The van der Waals surface area contributed by atoms with E-state index in [2.05, 4.69) is 5.32 Å². The van der Waals surface area contributed by atoms with Crippen molar-refractivity contribution in [3.05, 3.63) is 23.2 Å². The maximum Gasteiger partial charge on any atom is 0.0971 e. The molecule has 0 saturated carbocycles. The second-order valence-corrected chi connectivity index (χ2v) is 2.29. The van der Waals surface area contributed by atoms with E-state index in [-0.39, 0.29) is 5.83 Å². The summed E-state index contributed by atoms with van der Waals surface area (Å²) in [5.41, 5.74) is 1.93. The summed E-state index contributed by atoms with van der Waals surface area (Å²) in [7, 11) is 1.82. The van der Waals surface area contributed by atoms with Gasteiger partial charge in [0.1, 0.15) is 0 Å². The van der Waals surface area contributed by atoms with Crippen LogP contribution in [0.3, 0.4) is 0 Å². The van der Waals surface area contributed by atoms with Crippen molar-refractivity contribution in [2.45, 2.75) is 20.8 Å². The van der Waals surface area contributed by atoms with Crippen molar-refractivity contribution in [1.82, 2.24) is 5.32 Å². The van der Waals surface area contributed by atoms with E-state index in [0.717, 1.165) is 11.3 Å². The first-order valence-corrected chi connectivity index (χ1v) is 3.27. The predicted molar refractivity (Wildman–Crippen MR) is 42.3 cm³/mol. The predicted octanol–water partition coefficient (Wildman–Crippen LogP) is 2.37. The third-order valence-electron chi connectivity index (χ3n) is 1.38. The van der Waals surface area contributed by atoms with Crippen molar-refractivity contribution in [2.24, 2.45) is 0 Å². The summed E-state index contributed by atoms with van der Waals surface area (Å²) >= 11 is 0. The highest BCUT2D eigenvalue weighted by molar-refractivity contribution is 5.22. The van der Waals surface area contributed by atoms with Crippen molar-refractivity contribution in [3.63, 3.8) is 0 Å². The van der Waals surface area contributed by atoms with Gasteiger partial charge in [0.15, 0.2) is 0 Å². The van der Waals surface area contributed by atoms with Gasteiger partial charge in [0.2, 0.25) is 0 Å². The molecular formula is C8H14FN. The van der Waals surface area contributed by atoms with Crippen LogP contribution in [0.15, 0.2) is 23.2 Å². The molecule has 0 aliphatic carbocycles. The van der Waals surface area contributed by atoms with Gasteiger partial charge in [-0.15, -0.1) is 0 Å². The number of allylic oxidation sites excluding steroid dienone is 4. The Kier molecular flexibility index (Phi) is 3.77. The van der Waals surface area contributed by atoms with E-state index in [1.165, 1.54) is 13.0 Å². The van der Waals surface area contributed by atoms with Crippen LogP contribution in [-0.4, -0.2) is 7.05 Å². The van der Waals surface area contributed by atoms with Crippen LogP contribution in [0.4, 0.5) is 4.39 Å². The molecule has 2 heteroatoms. The lowest BCUT2D eigenvalue weighted by Crippen LogP contribution is -2.03. The summed E-state index contributed by atoms with van der Waals surface area (Å²) in [6.45, 7) is 5.22.